The second kappa shape index (κ2) is 8.37. The number of hydrogen-bond acceptors (Lipinski definition) is 2. The Morgan fingerprint density at radius 2 is 1.44 bits per heavy atom. The first-order chi connectivity index (χ1) is 12.6. The normalized spacial score (nSPS) is 12.0. The summed E-state index contributed by atoms with van der Waals surface area (Å²) in [5, 5.41) is 2.41. The Balaban J connectivity index is 2.02. The zero-order valence-corrected chi connectivity index (χ0v) is 14.9. The van der Waals surface area contributed by atoms with E-state index < -0.39 is 53.0 Å². The molecule has 0 spiro atoms. The van der Waals surface area contributed by atoms with Gasteiger partial charge < -0.3 is 10.1 Å². The Bertz CT molecular complexity index is 820. The second-order valence-electron chi connectivity index (χ2n) is 6.23. The summed E-state index contributed by atoms with van der Waals surface area (Å²) in [5.74, 6) is -10.7. The molecular formula is C19H18F5NO2. The number of benzene rings is 2. The lowest BCUT2D eigenvalue weighted by Crippen LogP contribution is -2.38. The van der Waals surface area contributed by atoms with E-state index in [-0.39, 0.29) is 6.61 Å². The predicted molar refractivity (Wildman–Crippen MR) is 89.0 cm³/mol. The second-order valence-corrected chi connectivity index (χ2v) is 6.23. The van der Waals surface area contributed by atoms with Crippen molar-refractivity contribution in [3.8, 4) is 5.75 Å². The van der Waals surface area contributed by atoms with Crippen molar-refractivity contribution in [2.24, 2.45) is 0 Å². The number of aryl methyl sites for hydroxylation is 2. The standard InChI is InChI=1S/C19H18F5NO2/c1-9-5-4-6-10(2)19(9)27-8-11(3)25-13(26)7-12-14(20)16(22)18(24)17(23)15(12)21/h4-6,11H,7-8H2,1-3H3,(H,25,26). The van der Waals surface area contributed by atoms with Gasteiger partial charge in [0, 0.05) is 5.56 Å². The maximum Gasteiger partial charge on any atom is 0.224 e. The van der Waals surface area contributed by atoms with Gasteiger partial charge in [-0.2, -0.15) is 0 Å². The van der Waals surface area contributed by atoms with Gasteiger partial charge in [0.05, 0.1) is 12.5 Å². The number of carbonyl (C=O) groups excluding carboxylic acids is 1. The number of rotatable bonds is 6. The fourth-order valence-electron chi connectivity index (χ4n) is 2.57. The summed E-state index contributed by atoms with van der Waals surface area (Å²) in [6.07, 6.45) is -0.987. The van der Waals surface area contributed by atoms with Gasteiger partial charge in [0.1, 0.15) is 12.4 Å². The Morgan fingerprint density at radius 1 is 0.963 bits per heavy atom. The van der Waals surface area contributed by atoms with E-state index in [2.05, 4.69) is 5.32 Å². The van der Waals surface area contributed by atoms with Gasteiger partial charge in [0.15, 0.2) is 23.3 Å². The van der Waals surface area contributed by atoms with Crippen LogP contribution in [0.2, 0.25) is 0 Å². The van der Waals surface area contributed by atoms with Crippen molar-refractivity contribution in [3.63, 3.8) is 0 Å². The lowest BCUT2D eigenvalue weighted by Gasteiger charge is -2.18. The third kappa shape index (κ3) is 4.56. The summed E-state index contributed by atoms with van der Waals surface area (Å²) in [5.41, 5.74) is 0.622. The van der Waals surface area contributed by atoms with Gasteiger partial charge >= 0.3 is 0 Å². The molecule has 0 aliphatic rings. The average molecular weight is 387 g/mol. The molecule has 1 amide bonds. The van der Waals surface area contributed by atoms with Crippen LogP contribution >= 0.6 is 0 Å². The highest BCUT2D eigenvalue weighted by atomic mass is 19.2. The third-order valence-electron chi connectivity index (χ3n) is 3.93. The Hall–Kier alpha value is -2.64. The number of hydrogen-bond donors (Lipinski definition) is 1. The largest absolute Gasteiger partial charge is 0.491 e. The molecule has 0 saturated carbocycles. The van der Waals surface area contributed by atoms with E-state index in [1.165, 1.54) is 0 Å². The van der Waals surface area contributed by atoms with Crippen molar-refractivity contribution < 1.29 is 31.5 Å². The van der Waals surface area contributed by atoms with E-state index in [1.807, 2.05) is 32.0 Å². The number of halogens is 5. The fourth-order valence-corrected chi connectivity index (χ4v) is 2.57. The number of nitrogens with one attached hydrogen (secondary N) is 1. The number of ether oxygens (including phenoxy) is 1. The molecule has 1 atom stereocenters. The molecule has 0 fully saturated rings. The van der Waals surface area contributed by atoms with Gasteiger partial charge in [0.2, 0.25) is 11.7 Å². The van der Waals surface area contributed by atoms with Gasteiger partial charge in [-0.1, -0.05) is 18.2 Å². The monoisotopic (exact) mass is 387 g/mol. The minimum Gasteiger partial charge on any atom is -0.491 e. The number of carbonyl (C=O) groups is 1. The van der Waals surface area contributed by atoms with Crippen LogP contribution in [0.3, 0.4) is 0 Å². The molecule has 27 heavy (non-hydrogen) atoms. The molecular weight excluding hydrogens is 369 g/mol. The SMILES string of the molecule is Cc1cccc(C)c1OCC(C)NC(=O)Cc1c(F)c(F)c(F)c(F)c1F. The van der Waals surface area contributed by atoms with E-state index >= 15 is 0 Å². The molecule has 146 valence electrons. The van der Waals surface area contributed by atoms with Crippen LogP contribution in [0, 0.1) is 42.9 Å². The third-order valence-corrected chi connectivity index (χ3v) is 3.93. The van der Waals surface area contributed by atoms with Crippen molar-refractivity contribution in [3.05, 3.63) is 64.0 Å². The minimum atomic E-state index is -2.26. The zero-order chi connectivity index (χ0) is 20.3. The molecule has 0 radical (unpaired) electrons. The highest BCUT2D eigenvalue weighted by Gasteiger charge is 2.27. The van der Waals surface area contributed by atoms with Gasteiger partial charge in [-0.3, -0.25) is 4.79 Å². The maximum absolute atomic E-state index is 13.6. The Kier molecular flexibility index (Phi) is 6.41. The molecule has 0 aromatic heterocycles. The van der Waals surface area contributed by atoms with Crippen LogP contribution in [0.4, 0.5) is 22.0 Å². The van der Waals surface area contributed by atoms with E-state index in [0.29, 0.717) is 5.75 Å². The molecule has 2 aromatic rings. The first-order valence-electron chi connectivity index (χ1n) is 8.12. The first kappa shape index (κ1) is 20.7. The fraction of sp³-hybridized carbons (Fsp3) is 0.316. The molecule has 2 rings (SSSR count). The lowest BCUT2D eigenvalue weighted by molar-refractivity contribution is -0.121. The number of amides is 1. The van der Waals surface area contributed by atoms with Crippen LogP contribution in [0.15, 0.2) is 18.2 Å². The van der Waals surface area contributed by atoms with Crippen molar-refractivity contribution >= 4 is 5.91 Å². The Labute approximate surface area is 153 Å². The van der Waals surface area contributed by atoms with E-state index in [0.717, 1.165) is 11.1 Å². The van der Waals surface area contributed by atoms with E-state index in [1.54, 1.807) is 6.92 Å². The quantitative estimate of drug-likeness (QED) is 0.460. The van der Waals surface area contributed by atoms with Crippen LogP contribution in [0.25, 0.3) is 0 Å². The average Bonchev–Trinajstić information content (AvgIpc) is 2.61. The summed E-state index contributed by atoms with van der Waals surface area (Å²) in [6.45, 7) is 5.36. The molecule has 3 nitrogen and oxygen atoms in total. The lowest BCUT2D eigenvalue weighted by atomic mass is 10.1. The highest BCUT2D eigenvalue weighted by Crippen LogP contribution is 2.24. The van der Waals surface area contributed by atoms with Gasteiger partial charge in [-0.25, -0.2) is 22.0 Å². The van der Waals surface area contributed by atoms with E-state index in [4.69, 9.17) is 4.74 Å². The zero-order valence-electron chi connectivity index (χ0n) is 14.9. The van der Waals surface area contributed by atoms with Gasteiger partial charge in [-0.15, -0.1) is 0 Å². The summed E-state index contributed by atoms with van der Waals surface area (Å²) in [4.78, 5) is 11.9. The molecule has 0 aliphatic carbocycles. The summed E-state index contributed by atoms with van der Waals surface area (Å²) in [7, 11) is 0. The van der Waals surface area contributed by atoms with Crippen LogP contribution in [-0.2, 0) is 11.2 Å². The molecule has 0 saturated heterocycles. The minimum absolute atomic E-state index is 0.0640. The Morgan fingerprint density at radius 3 is 1.96 bits per heavy atom. The molecule has 2 aromatic carbocycles. The maximum atomic E-state index is 13.6. The van der Waals surface area contributed by atoms with Crippen LogP contribution in [0.1, 0.15) is 23.6 Å². The van der Waals surface area contributed by atoms with Crippen molar-refractivity contribution in [2.45, 2.75) is 33.2 Å². The molecule has 0 bridgehead atoms. The summed E-state index contributed by atoms with van der Waals surface area (Å²) < 4.78 is 72.3. The predicted octanol–water partition coefficient (Wildman–Crippen LogP) is 4.13. The summed E-state index contributed by atoms with van der Waals surface area (Å²) >= 11 is 0. The smallest absolute Gasteiger partial charge is 0.224 e. The van der Waals surface area contributed by atoms with E-state index in [9.17, 15) is 26.7 Å². The summed E-state index contributed by atoms with van der Waals surface area (Å²) in [6, 6.07) is 5.02. The van der Waals surface area contributed by atoms with Crippen LogP contribution in [0.5, 0.6) is 5.75 Å². The molecule has 1 unspecified atom stereocenters. The van der Waals surface area contributed by atoms with Crippen molar-refractivity contribution in [2.75, 3.05) is 6.61 Å². The highest BCUT2D eigenvalue weighted by molar-refractivity contribution is 5.79. The van der Waals surface area contributed by atoms with Gasteiger partial charge in [-0.05, 0) is 31.9 Å². The molecule has 0 aliphatic heterocycles. The number of para-hydroxylation sites is 1. The van der Waals surface area contributed by atoms with Crippen molar-refractivity contribution in [1.29, 1.82) is 0 Å². The van der Waals surface area contributed by atoms with Crippen LogP contribution < -0.4 is 10.1 Å². The molecule has 1 N–H and O–H groups in total. The molecule has 0 heterocycles. The molecule has 8 heteroatoms. The topological polar surface area (TPSA) is 38.3 Å². The first-order valence-corrected chi connectivity index (χ1v) is 8.12. The van der Waals surface area contributed by atoms with Gasteiger partial charge in [0.25, 0.3) is 0 Å². The van der Waals surface area contributed by atoms with Crippen molar-refractivity contribution in [1.82, 2.24) is 5.32 Å². The van der Waals surface area contributed by atoms with Crippen LogP contribution in [-0.4, -0.2) is 18.6 Å².